The Labute approximate surface area is 187 Å². The first-order valence-corrected chi connectivity index (χ1v) is 9.82. The van der Waals surface area contributed by atoms with Crippen molar-refractivity contribution in [2.75, 3.05) is 13.2 Å². The van der Waals surface area contributed by atoms with Crippen molar-refractivity contribution < 1.29 is 22.7 Å². The maximum Gasteiger partial charge on any atom is 0.417 e. The van der Waals surface area contributed by atoms with Gasteiger partial charge in [-0.25, -0.2) is 4.98 Å². The number of nitrogens with one attached hydrogen (secondary N) is 1. The van der Waals surface area contributed by atoms with Crippen molar-refractivity contribution >= 4 is 29.2 Å². The van der Waals surface area contributed by atoms with Crippen LogP contribution in [0.2, 0.25) is 0 Å². The number of oxime groups is 1. The molecule has 32 heavy (non-hydrogen) atoms. The number of hydrogen-bond donors (Lipinski definition) is 1. The molecule has 0 saturated carbocycles. The highest BCUT2D eigenvalue weighted by molar-refractivity contribution is 6.02. The van der Waals surface area contributed by atoms with Gasteiger partial charge in [0.15, 0.2) is 5.82 Å². The number of nitrogens with zero attached hydrogens (tertiary/aromatic N) is 3. The van der Waals surface area contributed by atoms with Gasteiger partial charge in [-0.05, 0) is 29.3 Å². The zero-order valence-corrected chi connectivity index (χ0v) is 17.5. The molecule has 1 N–H and O–H groups in total. The predicted molar refractivity (Wildman–Crippen MR) is 114 cm³/mol. The minimum Gasteiger partial charge on any atom is -0.388 e. The minimum atomic E-state index is -4.51. The minimum absolute atomic E-state index is 0. The molecule has 0 radical (unpaired) electrons. The number of fused-ring (bicyclic) bond motifs is 1. The van der Waals surface area contributed by atoms with Crippen LogP contribution in [0, 0.1) is 11.3 Å². The van der Waals surface area contributed by atoms with Crippen LogP contribution >= 0.6 is 12.4 Å². The van der Waals surface area contributed by atoms with Crippen molar-refractivity contribution in [1.82, 2.24) is 9.97 Å². The molecule has 10 heteroatoms. The molecule has 5 rings (SSSR count). The summed E-state index contributed by atoms with van der Waals surface area (Å²) in [7, 11) is 0. The Hall–Kier alpha value is -3.09. The Morgan fingerprint density at radius 3 is 2.59 bits per heavy atom. The second kappa shape index (κ2) is 8.11. The van der Waals surface area contributed by atoms with Crippen LogP contribution in [0.1, 0.15) is 36.2 Å². The van der Waals surface area contributed by atoms with E-state index < -0.39 is 17.3 Å². The van der Waals surface area contributed by atoms with E-state index in [0.717, 1.165) is 18.9 Å². The zero-order chi connectivity index (χ0) is 21.6. The number of H-pyrrole nitrogens is 1. The molecule has 1 spiro atoms. The first-order chi connectivity index (χ1) is 14.9. The Kier molecular flexibility index (Phi) is 5.61. The van der Waals surface area contributed by atoms with Crippen molar-refractivity contribution in [3.63, 3.8) is 0 Å². The number of halogens is 4. The van der Waals surface area contributed by atoms with Gasteiger partial charge in [0.05, 0.1) is 35.4 Å². The molecule has 2 aliphatic heterocycles. The molecule has 0 unspecified atom stereocenters. The molecule has 1 fully saturated rings. The number of alkyl halides is 3. The van der Waals surface area contributed by atoms with Gasteiger partial charge in [0.2, 0.25) is 0 Å². The Morgan fingerprint density at radius 1 is 1.12 bits per heavy atom. The molecule has 0 amide bonds. The van der Waals surface area contributed by atoms with Crippen molar-refractivity contribution in [2.24, 2.45) is 5.16 Å². The molecular weight excluding hydrogens is 445 g/mol. The summed E-state index contributed by atoms with van der Waals surface area (Å²) >= 11 is 0. The van der Waals surface area contributed by atoms with Crippen molar-refractivity contribution in [1.29, 1.82) is 5.26 Å². The maximum atomic E-state index is 13.5. The van der Waals surface area contributed by atoms with E-state index in [0.29, 0.717) is 42.2 Å². The molecule has 0 aliphatic carbocycles. The fourth-order valence-electron chi connectivity index (χ4n) is 4.14. The van der Waals surface area contributed by atoms with E-state index in [4.69, 9.17) is 9.57 Å². The predicted octanol–water partition coefficient (Wildman–Crippen LogP) is 5.22. The summed E-state index contributed by atoms with van der Waals surface area (Å²) in [6, 6.07) is 10.4. The summed E-state index contributed by atoms with van der Waals surface area (Å²) in [5.74, 6) is 0.455. The fraction of sp³-hybridized carbons (Fsp3) is 0.318. The molecule has 0 bridgehead atoms. The van der Waals surface area contributed by atoms with Gasteiger partial charge in [0.1, 0.15) is 17.4 Å². The second-order valence-corrected chi connectivity index (χ2v) is 7.76. The summed E-state index contributed by atoms with van der Waals surface area (Å²) in [5.41, 5.74) is 0.813. The molecule has 2 aliphatic rings. The number of ether oxygens (including phenoxy) is 1. The molecular formula is C22H18ClF3N4O2. The first-order valence-electron chi connectivity index (χ1n) is 9.82. The number of benzene rings is 2. The average Bonchev–Trinajstić information content (AvgIpc) is 3.37. The highest BCUT2D eigenvalue weighted by Crippen LogP contribution is 2.39. The van der Waals surface area contributed by atoms with Crippen LogP contribution in [0.4, 0.5) is 13.2 Å². The molecule has 1 aromatic heterocycles. The molecule has 2 aromatic carbocycles. The molecule has 3 aromatic rings. The van der Waals surface area contributed by atoms with Crippen molar-refractivity contribution in [3.05, 3.63) is 53.3 Å². The van der Waals surface area contributed by atoms with E-state index >= 15 is 0 Å². The highest BCUT2D eigenvalue weighted by atomic mass is 35.5. The van der Waals surface area contributed by atoms with E-state index in [-0.39, 0.29) is 29.1 Å². The number of aromatic nitrogens is 2. The third-order valence-electron chi connectivity index (χ3n) is 5.77. The van der Waals surface area contributed by atoms with E-state index in [2.05, 4.69) is 21.2 Å². The van der Waals surface area contributed by atoms with Gasteiger partial charge in [0.25, 0.3) is 0 Å². The highest BCUT2D eigenvalue weighted by Gasteiger charge is 2.42. The monoisotopic (exact) mass is 462 g/mol. The van der Waals surface area contributed by atoms with E-state index in [1.165, 1.54) is 24.3 Å². The number of hydrogen-bond acceptors (Lipinski definition) is 5. The summed E-state index contributed by atoms with van der Waals surface area (Å²) in [5, 5.41) is 13.8. The summed E-state index contributed by atoms with van der Waals surface area (Å²) in [6.07, 6.45) is -2.50. The second-order valence-electron chi connectivity index (χ2n) is 7.76. The van der Waals surface area contributed by atoms with Gasteiger partial charge >= 0.3 is 6.18 Å². The Balaban J connectivity index is 0.00000245. The molecule has 3 heterocycles. The summed E-state index contributed by atoms with van der Waals surface area (Å²) < 4.78 is 45.9. The largest absolute Gasteiger partial charge is 0.417 e. The third kappa shape index (κ3) is 3.80. The topological polar surface area (TPSA) is 83.3 Å². The fourth-order valence-corrected chi connectivity index (χ4v) is 4.14. The number of rotatable bonds is 2. The lowest BCUT2D eigenvalue weighted by Crippen LogP contribution is -2.36. The van der Waals surface area contributed by atoms with Crippen LogP contribution in [0.25, 0.3) is 22.2 Å². The van der Waals surface area contributed by atoms with Crippen molar-refractivity contribution in [3.8, 4) is 17.2 Å². The lowest BCUT2D eigenvalue weighted by molar-refractivity contribution is -0.137. The normalized spacial score (nSPS) is 17.5. The van der Waals surface area contributed by atoms with Crippen LogP contribution in [-0.4, -0.2) is 34.5 Å². The van der Waals surface area contributed by atoms with Crippen molar-refractivity contribution in [2.45, 2.75) is 31.0 Å². The maximum absolute atomic E-state index is 13.5. The SMILES string of the molecule is Cl.N#Cc1cc(-c2ccccc2C(F)(F)F)cc2nc(C3=NOC4(CCOCC4)C3)[nH]c12. The molecule has 1 saturated heterocycles. The van der Waals surface area contributed by atoms with Gasteiger partial charge in [-0.3, -0.25) is 0 Å². The lowest BCUT2D eigenvalue weighted by Gasteiger charge is -2.30. The lowest BCUT2D eigenvalue weighted by atomic mass is 9.89. The number of nitriles is 1. The van der Waals surface area contributed by atoms with E-state index in [1.807, 2.05) is 0 Å². The third-order valence-corrected chi connectivity index (χ3v) is 5.77. The van der Waals surface area contributed by atoms with Crippen LogP contribution in [0.3, 0.4) is 0 Å². The quantitative estimate of drug-likeness (QED) is 0.566. The van der Waals surface area contributed by atoms with Gasteiger partial charge in [-0.1, -0.05) is 23.4 Å². The van der Waals surface area contributed by atoms with E-state index in [9.17, 15) is 18.4 Å². The number of aromatic amines is 1. The van der Waals surface area contributed by atoms with E-state index in [1.54, 1.807) is 6.07 Å². The van der Waals surface area contributed by atoms with Crippen LogP contribution in [-0.2, 0) is 15.8 Å². The smallest absolute Gasteiger partial charge is 0.388 e. The Bertz CT molecular complexity index is 1240. The van der Waals surface area contributed by atoms with Crippen LogP contribution < -0.4 is 0 Å². The summed E-state index contributed by atoms with van der Waals surface area (Å²) in [6.45, 7) is 1.20. The molecule has 0 atom stereocenters. The zero-order valence-electron chi connectivity index (χ0n) is 16.7. The average molecular weight is 463 g/mol. The molecule has 166 valence electrons. The number of imidazole rings is 1. The Morgan fingerprint density at radius 2 is 1.88 bits per heavy atom. The van der Waals surface area contributed by atoms with Gasteiger partial charge in [-0.2, -0.15) is 18.4 Å². The summed E-state index contributed by atoms with van der Waals surface area (Å²) in [4.78, 5) is 13.3. The van der Waals surface area contributed by atoms with Gasteiger partial charge in [0, 0.05) is 19.3 Å². The standard InChI is InChI=1S/C22H17F3N4O2.ClH/c23-22(24,25)16-4-2-1-3-15(16)13-9-14(12-26)19-17(10-13)27-20(28-19)18-11-21(31-29-18)5-7-30-8-6-21;/h1-4,9-10H,5-8,11H2,(H,27,28);1H. The van der Waals surface area contributed by atoms with Crippen LogP contribution in [0.5, 0.6) is 0 Å². The van der Waals surface area contributed by atoms with Crippen LogP contribution in [0.15, 0.2) is 41.6 Å². The van der Waals surface area contributed by atoms with Gasteiger partial charge in [-0.15, -0.1) is 12.4 Å². The molecule has 6 nitrogen and oxygen atoms in total. The first kappa shape index (κ1) is 22.1. The van der Waals surface area contributed by atoms with Gasteiger partial charge < -0.3 is 14.6 Å².